The molecule has 0 saturated heterocycles. The minimum absolute atomic E-state index is 0.0233. The average molecular weight is 819 g/mol. The number of phenols is 2. The van der Waals surface area contributed by atoms with Gasteiger partial charge in [0.1, 0.15) is 21.3 Å². The molecule has 14 heteroatoms. The van der Waals surface area contributed by atoms with Crippen molar-refractivity contribution in [2.45, 2.75) is 36.2 Å². The number of hydrogen-bond acceptors (Lipinski definition) is 9. The van der Waals surface area contributed by atoms with Crippen LogP contribution in [0.4, 0.5) is 0 Å². The summed E-state index contributed by atoms with van der Waals surface area (Å²) in [4.78, 5) is 26.3. The maximum atomic E-state index is 12.3. The molecule has 0 fully saturated rings. The smallest absolute Gasteiger partial charge is 0.295 e. The van der Waals surface area contributed by atoms with Gasteiger partial charge in [-0.1, -0.05) is 84.9 Å². The number of likely N-dealkylation sites (N-methyl/N-ethyl adjacent to an activating group) is 1. The summed E-state index contributed by atoms with van der Waals surface area (Å²) < 4.78 is 65.2. The molecule has 58 heavy (non-hydrogen) atoms. The lowest BCUT2D eigenvalue weighted by Gasteiger charge is -2.24. The minimum Gasteiger partial charge on any atom is -0.507 e. The molecule has 0 radical (unpaired) electrons. The fraction of sp³-hybridized carbons (Fsp3) is 0.136. The highest BCUT2D eigenvalue weighted by atomic mass is 32.2. The number of phenolic OH excluding ortho intramolecular Hbond substituents is 2. The number of hydrogen-bond donors (Lipinski definition) is 4. The van der Waals surface area contributed by atoms with Crippen molar-refractivity contribution in [3.05, 3.63) is 166 Å². The van der Waals surface area contributed by atoms with E-state index in [1.54, 1.807) is 13.0 Å². The second-order valence-corrected chi connectivity index (χ2v) is 16.9. The van der Waals surface area contributed by atoms with Crippen LogP contribution in [0.5, 0.6) is 11.5 Å². The molecule has 296 valence electrons. The summed E-state index contributed by atoms with van der Waals surface area (Å²) in [6.45, 7) is 4.92. The van der Waals surface area contributed by atoms with Gasteiger partial charge >= 0.3 is 0 Å². The van der Waals surface area contributed by atoms with Crippen LogP contribution in [-0.4, -0.2) is 70.8 Å². The average Bonchev–Trinajstić information content (AvgIpc) is 3.48. The number of ketones is 2. The molecular formula is C44H38N2O10S2. The standard InChI is InChI=1S/C19H20N2.C15H10O4.C10H8O6S2/c1-20-12-11-19-17(14-20)16-9-5-6-10-18(16)21(19)13-15-7-3-2-4-8-15;1-7-5-9-13(11(17)6-7)15(19)12-8(14(9)18)3-2-4-10(12)16;11-17(12,13)9-5-1-3-7-8(9)4-2-6-10(7)18(14,15)16/h2-10H,11-14H2,1H3;2-6,16-17H,1H3;1-6H,(H,11,12,13)(H,14,15,16). The fourth-order valence-electron chi connectivity index (χ4n) is 7.61. The van der Waals surface area contributed by atoms with Gasteiger partial charge in [-0.05, 0) is 67.1 Å². The first kappa shape index (κ1) is 40.1. The molecule has 12 nitrogen and oxygen atoms in total. The molecule has 9 rings (SSSR count). The van der Waals surface area contributed by atoms with Crippen molar-refractivity contribution in [3.63, 3.8) is 0 Å². The molecule has 2 heterocycles. The minimum atomic E-state index is -4.47. The number of aryl methyl sites for hydroxylation is 1. The molecule has 0 bridgehead atoms. The second kappa shape index (κ2) is 15.6. The molecule has 1 aliphatic heterocycles. The van der Waals surface area contributed by atoms with Gasteiger partial charge in [0, 0.05) is 64.6 Å². The predicted molar refractivity (Wildman–Crippen MR) is 219 cm³/mol. The highest BCUT2D eigenvalue weighted by Gasteiger charge is 2.34. The fourth-order valence-corrected chi connectivity index (χ4v) is 9.02. The molecular weight excluding hydrogens is 781 g/mol. The highest BCUT2D eigenvalue weighted by Crippen LogP contribution is 2.37. The molecule has 0 amide bonds. The Labute approximate surface area is 334 Å². The number of carbonyl (C=O) groups is 2. The van der Waals surface area contributed by atoms with E-state index in [2.05, 4.69) is 71.1 Å². The van der Waals surface area contributed by atoms with Crippen LogP contribution in [0.3, 0.4) is 0 Å². The van der Waals surface area contributed by atoms with Gasteiger partial charge < -0.3 is 19.7 Å². The lowest BCUT2D eigenvalue weighted by atomic mass is 9.82. The summed E-state index contributed by atoms with van der Waals surface area (Å²) in [5, 5.41) is 21.1. The second-order valence-electron chi connectivity index (χ2n) is 14.1. The Morgan fingerprint density at radius 2 is 1.19 bits per heavy atom. The van der Waals surface area contributed by atoms with Crippen molar-refractivity contribution in [1.82, 2.24) is 9.47 Å². The zero-order chi connectivity index (χ0) is 41.5. The van der Waals surface area contributed by atoms with Crippen molar-refractivity contribution in [2.24, 2.45) is 0 Å². The Morgan fingerprint density at radius 3 is 1.83 bits per heavy atom. The van der Waals surface area contributed by atoms with Gasteiger partial charge in [-0.15, -0.1) is 0 Å². The number of carbonyl (C=O) groups excluding carboxylic acids is 2. The van der Waals surface area contributed by atoms with Crippen molar-refractivity contribution in [3.8, 4) is 11.5 Å². The van der Waals surface area contributed by atoms with Crippen LogP contribution in [-0.2, 0) is 39.7 Å². The summed E-state index contributed by atoms with van der Waals surface area (Å²) in [6.07, 6.45) is 1.15. The Morgan fingerprint density at radius 1 is 0.621 bits per heavy atom. The monoisotopic (exact) mass is 818 g/mol. The van der Waals surface area contributed by atoms with Crippen molar-refractivity contribution in [1.29, 1.82) is 0 Å². The first-order chi connectivity index (χ1) is 27.5. The van der Waals surface area contributed by atoms with Gasteiger partial charge in [-0.3, -0.25) is 18.7 Å². The summed E-state index contributed by atoms with van der Waals surface area (Å²) >= 11 is 0. The summed E-state index contributed by atoms with van der Waals surface area (Å²) in [5.41, 5.74) is 6.77. The molecule has 0 spiro atoms. The first-order valence-corrected chi connectivity index (χ1v) is 21.0. The number of rotatable bonds is 4. The van der Waals surface area contributed by atoms with Gasteiger partial charge in [-0.2, -0.15) is 16.8 Å². The van der Waals surface area contributed by atoms with Gasteiger partial charge in [0.2, 0.25) is 5.78 Å². The van der Waals surface area contributed by atoms with E-state index in [-0.39, 0.29) is 50.3 Å². The Bertz CT molecular complexity index is 2920. The lowest BCUT2D eigenvalue weighted by molar-refractivity contribution is 0.0974. The van der Waals surface area contributed by atoms with E-state index >= 15 is 0 Å². The normalized spacial score (nSPS) is 13.8. The Kier molecular flexibility index (Phi) is 10.8. The molecule has 0 atom stereocenters. The topological polar surface area (TPSA) is 192 Å². The SMILES string of the molecule is CN1CCc2c(c3ccccc3n2Cc2ccccc2)C1.Cc1cc(O)c2c(c1)C(=O)c1cccc(O)c1C2=O.O=S(=O)(O)c1cccc2c(S(=O)(=O)O)cccc12. The molecule has 1 aromatic heterocycles. The Balaban J connectivity index is 0.000000133. The Hall–Kier alpha value is -6.16. The van der Waals surface area contributed by atoms with Gasteiger partial charge in [-0.25, -0.2) is 0 Å². The maximum absolute atomic E-state index is 12.3. The van der Waals surface area contributed by atoms with Crippen molar-refractivity contribution in [2.75, 3.05) is 13.6 Å². The number of benzene rings is 6. The van der Waals surface area contributed by atoms with E-state index in [0.717, 1.165) is 38.2 Å². The van der Waals surface area contributed by atoms with Crippen molar-refractivity contribution >= 4 is 53.5 Å². The molecule has 4 N–H and O–H groups in total. The summed E-state index contributed by atoms with van der Waals surface area (Å²) in [5.74, 6) is -1.37. The quantitative estimate of drug-likeness (QED) is 0.131. The molecule has 2 aliphatic rings. The zero-order valence-corrected chi connectivity index (χ0v) is 33.0. The van der Waals surface area contributed by atoms with Crippen LogP contribution in [0, 0.1) is 6.92 Å². The van der Waals surface area contributed by atoms with Crippen LogP contribution < -0.4 is 0 Å². The largest absolute Gasteiger partial charge is 0.507 e. The van der Waals surface area contributed by atoms with Gasteiger partial charge in [0.15, 0.2) is 5.78 Å². The van der Waals surface area contributed by atoms with Crippen molar-refractivity contribution < 1.29 is 45.7 Å². The molecule has 6 aromatic carbocycles. The number of para-hydroxylation sites is 1. The van der Waals surface area contributed by atoms with E-state index in [1.165, 1.54) is 76.3 Å². The van der Waals surface area contributed by atoms with Crippen LogP contribution >= 0.6 is 0 Å². The number of nitrogens with zero attached hydrogens (tertiary/aromatic N) is 2. The maximum Gasteiger partial charge on any atom is 0.295 e. The number of aromatic hydroxyl groups is 2. The summed E-state index contributed by atoms with van der Waals surface area (Å²) in [7, 11) is -6.72. The van der Waals surface area contributed by atoms with Gasteiger partial charge in [0.25, 0.3) is 20.2 Å². The van der Waals surface area contributed by atoms with E-state index < -0.39 is 35.8 Å². The van der Waals surface area contributed by atoms with E-state index in [1.807, 2.05) is 0 Å². The van der Waals surface area contributed by atoms with Crippen LogP contribution in [0.1, 0.15) is 54.2 Å². The predicted octanol–water partition coefficient (Wildman–Crippen LogP) is 7.19. The lowest BCUT2D eigenvalue weighted by Crippen LogP contribution is -2.27. The molecule has 7 aromatic rings. The van der Waals surface area contributed by atoms with E-state index in [4.69, 9.17) is 9.11 Å². The zero-order valence-electron chi connectivity index (χ0n) is 31.3. The molecule has 0 saturated carbocycles. The number of aromatic nitrogens is 1. The van der Waals surface area contributed by atoms with E-state index in [0.29, 0.717) is 5.56 Å². The third kappa shape index (κ3) is 7.75. The van der Waals surface area contributed by atoms with E-state index in [9.17, 15) is 36.6 Å². The van der Waals surface area contributed by atoms with Crippen LogP contribution in [0.25, 0.3) is 21.7 Å². The third-order valence-electron chi connectivity index (χ3n) is 10.2. The first-order valence-electron chi connectivity index (χ1n) is 18.1. The summed E-state index contributed by atoms with van der Waals surface area (Å²) in [6, 6.07) is 34.5. The highest BCUT2D eigenvalue weighted by molar-refractivity contribution is 7.86. The number of fused-ring (bicyclic) bond motifs is 6. The third-order valence-corrected chi connectivity index (χ3v) is 12.0. The van der Waals surface area contributed by atoms with Gasteiger partial charge in [0.05, 0.1) is 11.1 Å². The van der Waals surface area contributed by atoms with Crippen LogP contribution in [0.2, 0.25) is 0 Å². The molecule has 1 aliphatic carbocycles. The molecule has 0 unspecified atom stereocenters. The van der Waals surface area contributed by atoms with Crippen LogP contribution in [0.15, 0.2) is 131 Å².